The van der Waals surface area contributed by atoms with Gasteiger partial charge in [0.15, 0.2) is 0 Å². The van der Waals surface area contributed by atoms with E-state index in [9.17, 15) is 4.79 Å². The van der Waals surface area contributed by atoms with E-state index in [1.807, 2.05) is 4.90 Å². The lowest BCUT2D eigenvalue weighted by atomic mass is 10.1. The minimum absolute atomic E-state index is 0.0502. The molecule has 2 saturated heterocycles. The molecule has 0 spiro atoms. The van der Waals surface area contributed by atoms with E-state index in [4.69, 9.17) is 11.6 Å². The highest BCUT2D eigenvalue weighted by molar-refractivity contribution is 6.33. The molecule has 6 heteroatoms. The van der Waals surface area contributed by atoms with Gasteiger partial charge in [-0.2, -0.15) is 0 Å². The molecule has 4 rings (SSSR count). The maximum absolute atomic E-state index is 12.8. The highest BCUT2D eigenvalue weighted by Gasteiger charge is 2.24. The number of amides is 1. The third kappa shape index (κ3) is 4.96. The van der Waals surface area contributed by atoms with E-state index in [-0.39, 0.29) is 5.91 Å². The zero-order valence-corrected chi connectivity index (χ0v) is 18.5. The quantitative estimate of drug-likeness (QED) is 0.723. The molecule has 0 radical (unpaired) electrons. The Balaban J connectivity index is 1.43. The number of hydrogen-bond donors (Lipinski definition) is 0. The number of hydrogen-bond acceptors (Lipinski definition) is 4. The summed E-state index contributed by atoms with van der Waals surface area (Å²) in [5.41, 5.74) is 1.94. The average Bonchev–Trinajstić information content (AvgIpc) is 2.96. The Kier molecular flexibility index (Phi) is 6.90. The van der Waals surface area contributed by atoms with Crippen LogP contribution in [0.15, 0.2) is 42.6 Å². The maximum Gasteiger partial charge on any atom is 0.255 e. The van der Waals surface area contributed by atoms with Crippen LogP contribution in [-0.2, 0) is 6.54 Å². The largest absolute Gasteiger partial charge is 0.354 e. The molecule has 2 aliphatic rings. The molecule has 2 aliphatic heterocycles. The summed E-state index contributed by atoms with van der Waals surface area (Å²) < 4.78 is 0. The van der Waals surface area contributed by atoms with Crippen LogP contribution in [0.5, 0.6) is 0 Å². The zero-order valence-electron chi connectivity index (χ0n) is 17.8. The number of rotatable bonds is 4. The molecule has 30 heavy (non-hydrogen) atoms. The Bertz CT molecular complexity index is 854. The fourth-order valence-corrected chi connectivity index (χ4v) is 4.72. The van der Waals surface area contributed by atoms with Gasteiger partial charge in [-0.25, -0.2) is 4.98 Å². The standard InChI is InChI=1S/C24H31ClN4O/c1-19-10-13-27(14-15-29(19)18-20-8-4-2-5-9-20)23-22(25)16-21(17-26-23)24(30)28-11-6-3-7-12-28/h2,4-5,8-9,16-17,19H,3,6-7,10-15,18H2,1H3. The number of aromatic nitrogens is 1. The molecule has 2 fully saturated rings. The minimum Gasteiger partial charge on any atom is -0.354 e. The van der Waals surface area contributed by atoms with E-state index >= 15 is 0 Å². The number of nitrogens with zero attached hydrogens (tertiary/aromatic N) is 4. The van der Waals surface area contributed by atoms with Gasteiger partial charge in [0.2, 0.25) is 0 Å². The summed E-state index contributed by atoms with van der Waals surface area (Å²) in [6, 6.07) is 12.9. The maximum atomic E-state index is 12.8. The summed E-state index contributed by atoms with van der Waals surface area (Å²) in [5, 5.41) is 0.571. The molecular weight excluding hydrogens is 396 g/mol. The molecule has 2 aromatic rings. The first-order chi connectivity index (χ1) is 14.6. The lowest BCUT2D eigenvalue weighted by Gasteiger charge is -2.27. The van der Waals surface area contributed by atoms with Crippen molar-refractivity contribution in [2.24, 2.45) is 0 Å². The van der Waals surface area contributed by atoms with E-state index in [0.29, 0.717) is 16.6 Å². The predicted octanol–water partition coefficient (Wildman–Crippen LogP) is 4.46. The summed E-state index contributed by atoms with van der Waals surface area (Å²) in [6.45, 7) is 7.67. The smallest absolute Gasteiger partial charge is 0.255 e. The molecule has 1 amide bonds. The number of likely N-dealkylation sites (tertiary alicyclic amines) is 1. The molecule has 5 nitrogen and oxygen atoms in total. The lowest BCUT2D eigenvalue weighted by Crippen LogP contribution is -2.36. The average molecular weight is 427 g/mol. The molecule has 160 valence electrons. The minimum atomic E-state index is 0.0502. The summed E-state index contributed by atoms with van der Waals surface area (Å²) in [7, 11) is 0. The van der Waals surface area contributed by atoms with E-state index < -0.39 is 0 Å². The van der Waals surface area contributed by atoms with E-state index in [1.165, 1.54) is 12.0 Å². The summed E-state index contributed by atoms with van der Waals surface area (Å²) in [4.78, 5) is 24.1. The number of carbonyl (C=O) groups excluding carboxylic acids is 1. The summed E-state index contributed by atoms with van der Waals surface area (Å²) >= 11 is 6.61. The SMILES string of the molecule is CC1CCN(c2ncc(C(=O)N3CCCCC3)cc2Cl)CCN1Cc1ccccc1. The van der Waals surface area contributed by atoms with Crippen molar-refractivity contribution >= 4 is 23.3 Å². The molecule has 1 aromatic heterocycles. The van der Waals surface area contributed by atoms with Crippen LogP contribution in [0.1, 0.15) is 48.5 Å². The van der Waals surface area contributed by atoms with Crippen LogP contribution >= 0.6 is 11.6 Å². The van der Waals surface area contributed by atoms with Crippen molar-refractivity contribution in [3.05, 3.63) is 58.7 Å². The predicted molar refractivity (Wildman–Crippen MR) is 122 cm³/mol. The number of pyridine rings is 1. The molecule has 0 bridgehead atoms. The second-order valence-corrected chi connectivity index (χ2v) is 8.87. The highest BCUT2D eigenvalue weighted by Crippen LogP contribution is 2.27. The van der Waals surface area contributed by atoms with Crippen molar-refractivity contribution in [2.75, 3.05) is 37.6 Å². The first kappa shape index (κ1) is 21.1. The van der Waals surface area contributed by atoms with Crippen LogP contribution in [0.3, 0.4) is 0 Å². The second-order valence-electron chi connectivity index (χ2n) is 8.46. The van der Waals surface area contributed by atoms with E-state index in [0.717, 1.165) is 64.3 Å². The van der Waals surface area contributed by atoms with Crippen molar-refractivity contribution in [1.82, 2.24) is 14.8 Å². The van der Waals surface area contributed by atoms with Crippen LogP contribution < -0.4 is 4.90 Å². The number of carbonyl (C=O) groups is 1. The fourth-order valence-electron chi connectivity index (χ4n) is 4.43. The molecule has 1 atom stereocenters. The van der Waals surface area contributed by atoms with Gasteiger partial charge in [-0.3, -0.25) is 9.69 Å². The van der Waals surface area contributed by atoms with Crippen molar-refractivity contribution in [2.45, 2.75) is 45.2 Å². The van der Waals surface area contributed by atoms with Crippen molar-refractivity contribution < 1.29 is 4.79 Å². The Morgan fingerprint density at radius 3 is 2.57 bits per heavy atom. The van der Waals surface area contributed by atoms with Crippen LogP contribution in [0.2, 0.25) is 5.02 Å². The summed E-state index contributed by atoms with van der Waals surface area (Å²) in [5.74, 6) is 0.842. The van der Waals surface area contributed by atoms with Gasteiger partial charge in [0.25, 0.3) is 5.91 Å². The molecule has 3 heterocycles. The van der Waals surface area contributed by atoms with Gasteiger partial charge in [-0.05, 0) is 44.2 Å². The van der Waals surface area contributed by atoms with Gasteiger partial charge in [-0.15, -0.1) is 0 Å². The van der Waals surface area contributed by atoms with Gasteiger partial charge >= 0.3 is 0 Å². The monoisotopic (exact) mass is 426 g/mol. The van der Waals surface area contributed by atoms with Crippen molar-refractivity contribution in [1.29, 1.82) is 0 Å². The second kappa shape index (κ2) is 9.80. The van der Waals surface area contributed by atoms with Crippen molar-refractivity contribution in [3.8, 4) is 0 Å². The Morgan fingerprint density at radius 2 is 1.83 bits per heavy atom. The lowest BCUT2D eigenvalue weighted by molar-refractivity contribution is 0.0724. The third-order valence-electron chi connectivity index (χ3n) is 6.34. The number of anilines is 1. The van der Waals surface area contributed by atoms with Gasteiger partial charge in [-0.1, -0.05) is 41.9 Å². The third-order valence-corrected chi connectivity index (χ3v) is 6.62. The molecule has 1 aromatic carbocycles. The molecule has 0 N–H and O–H groups in total. The van der Waals surface area contributed by atoms with Crippen LogP contribution in [0.4, 0.5) is 5.82 Å². The van der Waals surface area contributed by atoms with E-state index in [1.54, 1.807) is 12.3 Å². The fraction of sp³-hybridized carbons (Fsp3) is 0.500. The first-order valence-corrected chi connectivity index (χ1v) is 11.5. The number of benzene rings is 1. The number of halogens is 1. The topological polar surface area (TPSA) is 39.7 Å². The van der Waals surface area contributed by atoms with Crippen molar-refractivity contribution in [3.63, 3.8) is 0 Å². The highest BCUT2D eigenvalue weighted by atomic mass is 35.5. The van der Waals surface area contributed by atoms with E-state index in [2.05, 4.69) is 52.0 Å². The Morgan fingerprint density at radius 1 is 1.07 bits per heavy atom. The number of piperidine rings is 1. The molecule has 1 unspecified atom stereocenters. The van der Waals surface area contributed by atoms with Gasteiger partial charge < -0.3 is 9.80 Å². The molecular formula is C24H31ClN4O. The molecule has 0 aliphatic carbocycles. The molecule has 0 saturated carbocycles. The van der Waals surface area contributed by atoms with Crippen LogP contribution in [-0.4, -0.2) is 59.5 Å². The Hall–Kier alpha value is -2.11. The zero-order chi connectivity index (χ0) is 20.9. The van der Waals surface area contributed by atoms with Gasteiger partial charge in [0, 0.05) is 51.5 Å². The first-order valence-electron chi connectivity index (χ1n) is 11.1. The summed E-state index contributed by atoms with van der Waals surface area (Å²) in [6.07, 6.45) is 6.12. The normalized spacial score (nSPS) is 20.8. The van der Waals surface area contributed by atoms with Gasteiger partial charge in [0.1, 0.15) is 5.82 Å². The van der Waals surface area contributed by atoms with Crippen LogP contribution in [0.25, 0.3) is 0 Å². The Labute approximate surface area is 184 Å². The van der Waals surface area contributed by atoms with Crippen LogP contribution in [0, 0.1) is 0 Å². The van der Waals surface area contributed by atoms with Gasteiger partial charge in [0.05, 0.1) is 10.6 Å².